The van der Waals surface area contributed by atoms with E-state index in [0.717, 1.165) is 24.9 Å². The van der Waals surface area contributed by atoms with Crippen LogP contribution >= 0.6 is 11.8 Å². The Balaban J connectivity index is 2.61. The highest BCUT2D eigenvalue weighted by Gasteiger charge is 2.27. The zero-order chi connectivity index (χ0) is 15.7. The van der Waals surface area contributed by atoms with E-state index in [2.05, 4.69) is 19.2 Å². The highest BCUT2D eigenvalue weighted by atomic mass is 32.2. The predicted octanol–water partition coefficient (Wildman–Crippen LogP) is 4.77. The van der Waals surface area contributed by atoms with E-state index >= 15 is 0 Å². The molecular weight excluding hydrogens is 299 g/mol. The molecule has 0 fully saturated rings. The van der Waals surface area contributed by atoms with Gasteiger partial charge in [-0.05, 0) is 37.2 Å². The normalized spacial score (nSPS) is 13.2. The van der Waals surface area contributed by atoms with Crippen molar-refractivity contribution in [3.63, 3.8) is 0 Å². The van der Waals surface area contributed by atoms with Crippen LogP contribution in [0.1, 0.15) is 38.3 Å². The maximum atomic E-state index is 12.1. The van der Waals surface area contributed by atoms with E-state index in [-0.39, 0.29) is 30.2 Å². The topological polar surface area (TPSA) is 21.3 Å². The van der Waals surface area contributed by atoms with Crippen molar-refractivity contribution in [2.24, 2.45) is 0 Å². The van der Waals surface area contributed by atoms with E-state index in [0.29, 0.717) is 5.75 Å². The Labute approximate surface area is 128 Å². The molecule has 1 N–H and O–H groups in total. The number of ether oxygens (including phenoxy) is 1. The average Bonchev–Trinajstić information content (AvgIpc) is 2.44. The molecule has 0 saturated carbocycles. The molecule has 1 rings (SSSR count). The summed E-state index contributed by atoms with van der Waals surface area (Å²) in [5.74, 6) is 0.563. The number of para-hydroxylation sites is 1. The van der Waals surface area contributed by atoms with Crippen LogP contribution in [0.3, 0.4) is 0 Å². The molecule has 0 saturated heterocycles. The summed E-state index contributed by atoms with van der Waals surface area (Å²) in [6.45, 7) is 5.11. The number of thioether (sulfide) groups is 1. The minimum absolute atomic E-state index is 0.0470. The first-order valence-corrected chi connectivity index (χ1v) is 8.12. The molecule has 0 amide bonds. The second kappa shape index (κ2) is 9.20. The van der Waals surface area contributed by atoms with Gasteiger partial charge in [-0.25, -0.2) is 0 Å². The zero-order valence-electron chi connectivity index (χ0n) is 12.4. The fourth-order valence-corrected chi connectivity index (χ4v) is 2.40. The Morgan fingerprint density at radius 2 is 1.95 bits per heavy atom. The SMILES string of the molecule is CCCNC(CC)c1ccccc1OCCSC(F)(F)F. The molecule has 0 bridgehead atoms. The van der Waals surface area contributed by atoms with Crippen LogP contribution in [-0.4, -0.2) is 24.4 Å². The number of halogens is 3. The van der Waals surface area contributed by atoms with Crippen molar-refractivity contribution in [3.8, 4) is 5.75 Å². The van der Waals surface area contributed by atoms with Crippen LogP contribution in [-0.2, 0) is 0 Å². The molecule has 0 heterocycles. The second-order valence-electron chi connectivity index (χ2n) is 4.60. The molecule has 1 aromatic rings. The molecule has 120 valence electrons. The van der Waals surface area contributed by atoms with Gasteiger partial charge in [0, 0.05) is 17.4 Å². The van der Waals surface area contributed by atoms with E-state index in [9.17, 15) is 13.2 Å². The van der Waals surface area contributed by atoms with Gasteiger partial charge in [0.25, 0.3) is 0 Å². The van der Waals surface area contributed by atoms with Crippen molar-refractivity contribution in [2.75, 3.05) is 18.9 Å². The molecule has 0 spiro atoms. The summed E-state index contributed by atoms with van der Waals surface area (Å²) in [6.07, 6.45) is 1.93. The Morgan fingerprint density at radius 3 is 2.57 bits per heavy atom. The quantitative estimate of drug-likeness (QED) is 0.662. The molecule has 0 aliphatic heterocycles. The Kier molecular flexibility index (Phi) is 7.96. The molecule has 0 aromatic heterocycles. The van der Waals surface area contributed by atoms with Crippen LogP contribution in [0.15, 0.2) is 24.3 Å². The molecule has 1 aromatic carbocycles. The van der Waals surface area contributed by atoms with Crippen molar-refractivity contribution in [1.29, 1.82) is 0 Å². The third-order valence-electron chi connectivity index (χ3n) is 2.95. The summed E-state index contributed by atoms with van der Waals surface area (Å²) in [5.41, 5.74) is -3.19. The second-order valence-corrected chi connectivity index (χ2v) is 5.76. The van der Waals surface area contributed by atoms with Crippen molar-refractivity contribution in [3.05, 3.63) is 29.8 Å². The lowest BCUT2D eigenvalue weighted by Crippen LogP contribution is -2.22. The molecule has 0 aliphatic rings. The zero-order valence-corrected chi connectivity index (χ0v) is 13.2. The Bertz CT molecular complexity index is 412. The molecule has 2 nitrogen and oxygen atoms in total. The summed E-state index contributed by atoms with van der Waals surface area (Å²) in [6, 6.07) is 7.69. The summed E-state index contributed by atoms with van der Waals surface area (Å²) in [5, 5.41) is 3.43. The van der Waals surface area contributed by atoms with Crippen molar-refractivity contribution in [1.82, 2.24) is 5.32 Å². The molecular formula is C15H22F3NOS. The third-order valence-corrected chi connectivity index (χ3v) is 3.65. The molecule has 0 radical (unpaired) electrons. The van der Waals surface area contributed by atoms with Gasteiger partial charge in [0.2, 0.25) is 0 Å². The maximum absolute atomic E-state index is 12.1. The minimum Gasteiger partial charge on any atom is -0.492 e. The van der Waals surface area contributed by atoms with E-state index in [1.807, 2.05) is 24.3 Å². The summed E-state index contributed by atoms with van der Waals surface area (Å²) in [7, 11) is 0. The van der Waals surface area contributed by atoms with Gasteiger partial charge in [0.15, 0.2) is 0 Å². The van der Waals surface area contributed by atoms with Gasteiger partial charge in [-0.1, -0.05) is 32.0 Å². The minimum atomic E-state index is -4.20. The molecule has 1 unspecified atom stereocenters. The fourth-order valence-electron chi connectivity index (χ4n) is 2.00. The highest BCUT2D eigenvalue weighted by molar-refractivity contribution is 8.00. The van der Waals surface area contributed by atoms with Crippen LogP contribution in [0, 0.1) is 0 Å². The van der Waals surface area contributed by atoms with Gasteiger partial charge in [0.1, 0.15) is 5.75 Å². The van der Waals surface area contributed by atoms with Crippen molar-refractivity contribution >= 4 is 11.8 Å². The smallest absolute Gasteiger partial charge is 0.441 e. The standard InChI is InChI=1S/C15H22F3NOS/c1-3-9-19-13(4-2)12-7-5-6-8-14(12)20-10-11-21-15(16,17)18/h5-8,13,19H,3-4,9-11H2,1-2H3. The van der Waals surface area contributed by atoms with E-state index < -0.39 is 5.51 Å². The molecule has 6 heteroatoms. The van der Waals surface area contributed by atoms with Crippen LogP contribution in [0.5, 0.6) is 5.75 Å². The highest BCUT2D eigenvalue weighted by Crippen LogP contribution is 2.31. The summed E-state index contributed by atoms with van der Waals surface area (Å²) in [4.78, 5) is 0. The monoisotopic (exact) mass is 321 g/mol. The van der Waals surface area contributed by atoms with Gasteiger partial charge in [-0.3, -0.25) is 0 Å². The van der Waals surface area contributed by atoms with Crippen LogP contribution < -0.4 is 10.1 Å². The fraction of sp³-hybridized carbons (Fsp3) is 0.600. The Morgan fingerprint density at radius 1 is 1.24 bits per heavy atom. The van der Waals surface area contributed by atoms with Gasteiger partial charge in [0.05, 0.1) is 6.61 Å². The predicted molar refractivity (Wildman–Crippen MR) is 81.8 cm³/mol. The maximum Gasteiger partial charge on any atom is 0.441 e. The third kappa shape index (κ3) is 7.09. The lowest BCUT2D eigenvalue weighted by atomic mass is 10.0. The van der Waals surface area contributed by atoms with Gasteiger partial charge < -0.3 is 10.1 Å². The number of hydrogen-bond acceptors (Lipinski definition) is 3. The van der Waals surface area contributed by atoms with Crippen molar-refractivity contribution < 1.29 is 17.9 Å². The Hall–Kier alpha value is -0.880. The number of alkyl halides is 3. The first-order chi connectivity index (χ1) is 9.98. The average molecular weight is 321 g/mol. The molecule has 0 aliphatic carbocycles. The van der Waals surface area contributed by atoms with Gasteiger partial charge >= 0.3 is 5.51 Å². The number of hydrogen-bond donors (Lipinski definition) is 1. The van der Waals surface area contributed by atoms with Gasteiger partial charge in [-0.2, -0.15) is 13.2 Å². The molecule has 21 heavy (non-hydrogen) atoms. The first-order valence-electron chi connectivity index (χ1n) is 7.13. The van der Waals surface area contributed by atoms with E-state index in [4.69, 9.17) is 4.74 Å². The van der Waals surface area contributed by atoms with Crippen LogP contribution in [0.2, 0.25) is 0 Å². The van der Waals surface area contributed by atoms with Gasteiger partial charge in [-0.15, -0.1) is 0 Å². The summed E-state index contributed by atoms with van der Waals surface area (Å²) >= 11 is -0.0539. The lowest BCUT2D eigenvalue weighted by Gasteiger charge is -2.20. The number of benzene rings is 1. The number of rotatable bonds is 9. The summed E-state index contributed by atoms with van der Waals surface area (Å²) < 4.78 is 41.8. The van der Waals surface area contributed by atoms with E-state index in [1.54, 1.807) is 0 Å². The lowest BCUT2D eigenvalue weighted by molar-refractivity contribution is -0.0329. The molecule has 1 atom stereocenters. The van der Waals surface area contributed by atoms with Crippen LogP contribution in [0.25, 0.3) is 0 Å². The van der Waals surface area contributed by atoms with Crippen molar-refractivity contribution in [2.45, 2.75) is 38.2 Å². The largest absolute Gasteiger partial charge is 0.492 e. The first kappa shape index (κ1) is 18.2. The van der Waals surface area contributed by atoms with Crippen LogP contribution in [0.4, 0.5) is 13.2 Å². The van der Waals surface area contributed by atoms with E-state index in [1.165, 1.54) is 0 Å². The number of nitrogens with one attached hydrogen (secondary N) is 1.